The van der Waals surface area contributed by atoms with Gasteiger partial charge in [0.25, 0.3) is 5.91 Å². The van der Waals surface area contributed by atoms with Crippen molar-refractivity contribution in [2.24, 2.45) is 0 Å². The van der Waals surface area contributed by atoms with E-state index < -0.39 is 0 Å². The van der Waals surface area contributed by atoms with Crippen LogP contribution in [0.25, 0.3) is 10.9 Å². The number of hydroxylamine groups is 2. The lowest BCUT2D eigenvalue weighted by Crippen LogP contribution is -2.26. The summed E-state index contributed by atoms with van der Waals surface area (Å²) in [6, 6.07) is 15.7. The average molecular weight is 434 g/mol. The predicted octanol–water partition coefficient (Wildman–Crippen LogP) is 4.69. The van der Waals surface area contributed by atoms with Gasteiger partial charge in [-0.1, -0.05) is 61.4 Å². The van der Waals surface area contributed by atoms with Crippen LogP contribution >= 0.6 is 0 Å². The van der Waals surface area contributed by atoms with Gasteiger partial charge in [-0.15, -0.1) is 0 Å². The molecule has 0 unspecified atom stereocenters. The Kier molecular flexibility index (Phi) is 7.22. The van der Waals surface area contributed by atoms with Gasteiger partial charge in [-0.05, 0) is 36.8 Å². The standard InChI is InChI=1S/C26H31N3O3/c30-24(29(32)18-20-10-4-3-5-11-20)15-6-1-2-7-16-27-26(31)23-19-28-17-9-13-21-12-8-14-22(23)25(21)28/h3-5,8,10-12,14,19,32H,1-2,6-7,9,13,15-18H2,(H,27,31). The molecule has 32 heavy (non-hydrogen) atoms. The Hall–Kier alpha value is -3.12. The van der Waals surface area contributed by atoms with Gasteiger partial charge in [-0.2, -0.15) is 0 Å². The monoisotopic (exact) mass is 433 g/mol. The lowest BCUT2D eigenvalue weighted by atomic mass is 10.0. The fraction of sp³-hybridized carbons (Fsp3) is 0.385. The molecule has 0 saturated carbocycles. The van der Waals surface area contributed by atoms with E-state index in [0.717, 1.165) is 66.6 Å². The fourth-order valence-electron chi connectivity index (χ4n) is 4.46. The van der Waals surface area contributed by atoms with Crippen molar-refractivity contribution >= 4 is 22.7 Å². The van der Waals surface area contributed by atoms with E-state index in [9.17, 15) is 14.8 Å². The molecule has 4 rings (SSSR count). The number of nitrogens with one attached hydrogen (secondary N) is 1. The predicted molar refractivity (Wildman–Crippen MR) is 124 cm³/mol. The second-order valence-corrected chi connectivity index (χ2v) is 8.51. The van der Waals surface area contributed by atoms with Gasteiger partial charge in [0.15, 0.2) is 0 Å². The number of hydrogen-bond acceptors (Lipinski definition) is 3. The van der Waals surface area contributed by atoms with E-state index >= 15 is 0 Å². The van der Waals surface area contributed by atoms with Gasteiger partial charge in [0, 0.05) is 31.1 Å². The molecule has 0 bridgehead atoms. The second-order valence-electron chi connectivity index (χ2n) is 8.51. The highest BCUT2D eigenvalue weighted by Crippen LogP contribution is 2.29. The highest BCUT2D eigenvalue weighted by atomic mass is 16.5. The SMILES string of the molecule is O=C(NCCCCCCC(=O)N(O)Cc1ccccc1)c1cn2c3c(cccc13)CCC2. The van der Waals surface area contributed by atoms with Gasteiger partial charge in [0.05, 0.1) is 17.6 Å². The molecule has 0 atom stereocenters. The summed E-state index contributed by atoms with van der Waals surface area (Å²) >= 11 is 0. The minimum Gasteiger partial charge on any atom is -0.352 e. The molecule has 0 saturated heterocycles. The highest BCUT2D eigenvalue weighted by Gasteiger charge is 2.19. The first kappa shape index (κ1) is 22.1. The van der Waals surface area contributed by atoms with Crippen LogP contribution in [-0.2, 0) is 24.3 Å². The van der Waals surface area contributed by atoms with Crippen LogP contribution in [0.3, 0.4) is 0 Å². The van der Waals surface area contributed by atoms with Crippen molar-refractivity contribution in [2.75, 3.05) is 6.54 Å². The van der Waals surface area contributed by atoms with E-state index in [0.29, 0.717) is 13.0 Å². The van der Waals surface area contributed by atoms with Gasteiger partial charge in [0.2, 0.25) is 5.91 Å². The molecule has 3 aromatic rings. The molecule has 0 spiro atoms. The van der Waals surface area contributed by atoms with E-state index in [1.807, 2.05) is 48.7 Å². The number of carbonyl (C=O) groups excluding carboxylic acids is 2. The molecule has 2 amide bonds. The van der Waals surface area contributed by atoms with E-state index in [1.165, 1.54) is 11.1 Å². The number of benzene rings is 2. The van der Waals surface area contributed by atoms with Gasteiger partial charge in [-0.3, -0.25) is 14.8 Å². The zero-order valence-corrected chi connectivity index (χ0v) is 18.4. The quantitative estimate of drug-likeness (QED) is 0.277. The molecule has 0 radical (unpaired) electrons. The van der Waals surface area contributed by atoms with Gasteiger partial charge in [-0.25, -0.2) is 5.06 Å². The third kappa shape index (κ3) is 5.19. The first-order valence-electron chi connectivity index (χ1n) is 11.6. The van der Waals surface area contributed by atoms with Gasteiger partial charge in [0.1, 0.15) is 0 Å². The molecule has 168 valence electrons. The molecular weight excluding hydrogens is 402 g/mol. The summed E-state index contributed by atoms with van der Waals surface area (Å²) < 4.78 is 2.21. The summed E-state index contributed by atoms with van der Waals surface area (Å²) in [5.74, 6) is -0.268. The summed E-state index contributed by atoms with van der Waals surface area (Å²) in [4.78, 5) is 24.8. The Morgan fingerprint density at radius 2 is 1.81 bits per heavy atom. The van der Waals surface area contributed by atoms with Crippen molar-refractivity contribution in [3.8, 4) is 0 Å². The van der Waals surface area contributed by atoms with E-state index in [1.54, 1.807) is 0 Å². The zero-order valence-electron chi connectivity index (χ0n) is 18.4. The molecule has 2 N–H and O–H groups in total. The van der Waals surface area contributed by atoms with Crippen molar-refractivity contribution in [3.63, 3.8) is 0 Å². The van der Waals surface area contributed by atoms with Crippen molar-refractivity contribution < 1.29 is 14.8 Å². The third-order valence-electron chi connectivity index (χ3n) is 6.14. The van der Waals surface area contributed by atoms with Crippen molar-refractivity contribution in [1.82, 2.24) is 14.9 Å². The number of amides is 2. The summed E-state index contributed by atoms with van der Waals surface area (Å²) in [6.45, 7) is 1.80. The summed E-state index contributed by atoms with van der Waals surface area (Å²) in [6.07, 6.45) is 7.94. The first-order valence-corrected chi connectivity index (χ1v) is 11.6. The maximum atomic E-state index is 12.7. The van der Waals surface area contributed by atoms with Crippen LogP contribution < -0.4 is 5.32 Å². The van der Waals surface area contributed by atoms with E-state index in [4.69, 9.17) is 0 Å². The van der Waals surface area contributed by atoms with Crippen LogP contribution in [-0.4, -0.2) is 33.2 Å². The average Bonchev–Trinajstić information content (AvgIpc) is 3.19. The number of aryl methyl sites for hydroxylation is 2. The van der Waals surface area contributed by atoms with Gasteiger partial charge < -0.3 is 9.88 Å². The summed E-state index contributed by atoms with van der Waals surface area (Å²) in [5, 5.41) is 14.8. The van der Waals surface area contributed by atoms with Gasteiger partial charge >= 0.3 is 0 Å². The Bertz CT molecular complexity index is 1070. The molecule has 6 heteroatoms. The van der Waals surface area contributed by atoms with Crippen LogP contribution in [0.1, 0.15) is 60.0 Å². The Morgan fingerprint density at radius 3 is 2.66 bits per heavy atom. The number of aromatic nitrogens is 1. The van der Waals surface area contributed by atoms with E-state index in [-0.39, 0.29) is 18.4 Å². The van der Waals surface area contributed by atoms with E-state index in [2.05, 4.69) is 16.0 Å². The molecule has 0 aliphatic carbocycles. The number of hydrogen-bond donors (Lipinski definition) is 2. The third-order valence-corrected chi connectivity index (χ3v) is 6.14. The number of para-hydroxylation sites is 1. The normalized spacial score (nSPS) is 12.7. The van der Waals surface area contributed by atoms with Crippen LogP contribution in [0.5, 0.6) is 0 Å². The summed E-state index contributed by atoms with van der Waals surface area (Å²) in [5.41, 5.74) is 4.20. The molecule has 2 aromatic carbocycles. The highest BCUT2D eigenvalue weighted by molar-refractivity contribution is 6.07. The fourth-order valence-corrected chi connectivity index (χ4v) is 4.46. The zero-order chi connectivity index (χ0) is 22.3. The lowest BCUT2D eigenvalue weighted by Gasteiger charge is -2.15. The Morgan fingerprint density at radius 1 is 1.00 bits per heavy atom. The lowest BCUT2D eigenvalue weighted by molar-refractivity contribution is -0.168. The minimum absolute atomic E-state index is 0.0141. The molecule has 1 aliphatic heterocycles. The number of unbranched alkanes of at least 4 members (excludes halogenated alkanes) is 3. The summed E-state index contributed by atoms with van der Waals surface area (Å²) in [7, 11) is 0. The maximum Gasteiger partial charge on any atom is 0.253 e. The molecular formula is C26H31N3O3. The van der Waals surface area contributed by atoms with Crippen molar-refractivity contribution in [2.45, 2.75) is 58.0 Å². The second kappa shape index (κ2) is 10.5. The van der Waals surface area contributed by atoms with Crippen molar-refractivity contribution in [1.29, 1.82) is 0 Å². The molecule has 0 fully saturated rings. The minimum atomic E-state index is -0.254. The van der Waals surface area contributed by atoms with Crippen LogP contribution in [0, 0.1) is 0 Å². The maximum absolute atomic E-state index is 12.7. The van der Waals surface area contributed by atoms with Crippen LogP contribution in [0.4, 0.5) is 0 Å². The number of nitrogens with zero attached hydrogens (tertiary/aromatic N) is 2. The number of carbonyl (C=O) groups is 2. The topological polar surface area (TPSA) is 74.6 Å². The van der Waals surface area contributed by atoms with Crippen LogP contribution in [0.2, 0.25) is 0 Å². The molecule has 1 aromatic heterocycles. The van der Waals surface area contributed by atoms with Crippen LogP contribution in [0.15, 0.2) is 54.7 Å². The van der Waals surface area contributed by atoms with Crippen molar-refractivity contribution in [3.05, 3.63) is 71.4 Å². The Labute approximate surface area is 188 Å². The molecule has 2 heterocycles. The largest absolute Gasteiger partial charge is 0.352 e. The smallest absolute Gasteiger partial charge is 0.253 e. The first-order chi connectivity index (χ1) is 15.6. The Balaban J connectivity index is 1.14. The molecule has 6 nitrogen and oxygen atoms in total. The number of rotatable bonds is 10. The molecule has 1 aliphatic rings.